The molecule has 0 bridgehead atoms. The smallest absolute Gasteiger partial charge is 0.181 e. The van der Waals surface area contributed by atoms with E-state index in [2.05, 4.69) is 11.3 Å². The number of halogens is 1. The lowest BCUT2D eigenvalue weighted by Gasteiger charge is -1.99. The van der Waals surface area contributed by atoms with Crippen molar-refractivity contribution in [3.63, 3.8) is 0 Å². The van der Waals surface area contributed by atoms with Gasteiger partial charge in [0, 0.05) is 23.1 Å². The molecule has 3 heteroatoms. The van der Waals surface area contributed by atoms with E-state index in [0.717, 1.165) is 10.7 Å². The van der Waals surface area contributed by atoms with Crippen LogP contribution in [-0.2, 0) is 0 Å². The van der Waals surface area contributed by atoms with Gasteiger partial charge >= 0.3 is 0 Å². The number of benzene rings is 1. The lowest BCUT2D eigenvalue weighted by atomic mass is 10.3. The average molecular weight is 178 g/mol. The van der Waals surface area contributed by atoms with Crippen LogP contribution in [0.4, 0.5) is 0 Å². The zero-order chi connectivity index (χ0) is 8.39. The molecule has 1 heterocycles. The first-order valence-electron chi connectivity index (χ1n) is 3.53. The Balaban J connectivity index is 2.48. The number of rotatable bonds is 1. The second kappa shape index (κ2) is 2.99. The average Bonchev–Trinajstić information content (AvgIpc) is 2.56. The Kier molecular flexibility index (Phi) is 1.84. The zero-order valence-electron chi connectivity index (χ0n) is 6.24. The van der Waals surface area contributed by atoms with Crippen molar-refractivity contribution in [2.45, 2.75) is 0 Å². The summed E-state index contributed by atoms with van der Waals surface area (Å²) < 4.78 is 1.78. The number of aromatic nitrogens is 2. The van der Waals surface area contributed by atoms with E-state index in [1.165, 1.54) is 0 Å². The summed E-state index contributed by atoms with van der Waals surface area (Å²) in [5, 5.41) is 0.717. The van der Waals surface area contributed by atoms with Crippen LogP contribution in [0.2, 0.25) is 5.02 Å². The fraction of sp³-hybridized carbons (Fsp3) is 0. The van der Waals surface area contributed by atoms with Gasteiger partial charge in [-0.15, -0.1) is 0 Å². The molecule has 2 nitrogen and oxygen atoms in total. The fourth-order valence-corrected chi connectivity index (χ4v) is 1.18. The van der Waals surface area contributed by atoms with Crippen LogP contribution in [0.5, 0.6) is 0 Å². The number of hydrogen-bond donors (Lipinski definition) is 0. The SMILES string of the molecule is Clc1cccc(-n2[c]ncc2)c1. The molecule has 2 rings (SSSR count). The highest BCUT2D eigenvalue weighted by Crippen LogP contribution is 2.13. The molecule has 0 aliphatic heterocycles. The molecule has 0 atom stereocenters. The van der Waals surface area contributed by atoms with E-state index in [0.29, 0.717) is 0 Å². The van der Waals surface area contributed by atoms with Crippen molar-refractivity contribution in [1.82, 2.24) is 9.55 Å². The molecule has 0 spiro atoms. The van der Waals surface area contributed by atoms with E-state index >= 15 is 0 Å². The summed E-state index contributed by atoms with van der Waals surface area (Å²) in [5.74, 6) is 0. The normalized spacial score (nSPS) is 10.1. The fourth-order valence-electron chi connectivity index (χ4n) is 0.999. The van der Waals surface area contributed by atoms with E-state index < -0.39 is 0 Å². The van der Waals surface area contributed by atoms with Crippen molar-refractivity contribution in [3.05, 3.63) is 48.0 Å². The van der Waals surface area contributed by atoms with E-state index in [9.17, 15) is 0 Å². The second-order valence-corrected chi connectivity index (χ2v) is 2.81. The molecule has 0 aliphatic carbocycles. The predicted molar refractivity (Wildman–Crippen MR) is 47.4 cm³/mol. The van der Waals surface area contributed by atoms with Crippen LogP contribution < -0.4 is 0 Å². The predicted octanol–water partition coefficient (Wildman–Crippen LogP) is 2.33. The Morgan fingerprint density at radius 3 is 3.00 bits per heavy atom. The molecule has 0 N–H and O–H groups in total. The monoisotopic (exact) mass is 177 g/mol. The van der Waals surface area contributed by atoms with E-state index in [1.807, 2.05) is 30.5 Å². The number of hydrogen-bond acceptors (Lipinski definition) is 1. The van der Waals surface area contributed by atoms with Crippen LogP contribution in [0.3, 0.4) is 0 Å². The van der Waals surface area contributed by atoms with Crippen molar-refractivity contribution in [2.24, 2.45) is 0 Å². The maximum Gasteiger partial charge on any atom is 0.181 e. The summed E-state index contributed by atoms with van der Waals surface area (Å²) in [6.07, 6.45) is 6.30. The summed E-state index contributed by atoms with van der Waals surface area (Å²) in [6.45, 7) is 0. The number of imidazole rings is 1. The minimum Gasteiger partial charge on any atom is -0.297 e. The third-order valence-electron chi connectivity index (χ3n) is 1.54. The first kappa shape index (κ1) is 7.37. The Hall–Kier alpha value is -1.28. The van der Waals surface area contributed by atoms with Crippen LogP contribution in [-0.4, -0.2) is 9.55 Å². The Labute approximate surface area is 75.4 Å². The van der Waals surface area contributed by atoms with Gasteiger partial charge in [0.05, 0.1) is 0 Å². The van der Waals surface area contributed by atoms with Gasteiger partial charge in [0.1, 0.15) is 0 Å². The molecule has 0 aliphatic rings. The molecule has 59 valence electrons. The van der Waals surface area contributed by atoms with Crippen molar-refractivity contribution < 1.29 is 0 Å². The molecule has 1 aromatic heterocycles. The van der Waals surface area contributed by atoms with Gasteiger partial charge < -0.3 is 0 Å². The van der Waals surface area contributed by atoms with Gasteiger partial charge in [0.25, 0.3) is 0 Å². The van der Waals surface area contributed by atoms with Gasteiger partial charge in [-0.05, 0) is 18.2 Å². The van der Waals surface area contributed by atoms with Gasteiger partial charge in [-0.25, -0.2) is 4.98 Å². The van der Waals surface area contributed by atoms with Gasteiger partial charge in [0.15, 0.2) is 6.33 Å². The van der Waals surface area contributed by atoms with Gasteiger partial charge in [-0.3, -0.25) is 4.57 Å². The van der Waals surface area contributed by atoms with Crippen molar-refractivity contribution in [1.29, 1.82) is 0 Å². The topological polar surface area (TPSA) is 17.8 Å². The summed E-state index contributed by atoms with van der Waals surface area (Å²) in [5.41, 5.74) is 0.972. The van der Waals surface area contributed by atoms with Crippen LogP contribution >= 0.6 is 11.6 Å². The third-order valence-corrected chi connectivity index (χ3v) is 1.78. The molecule has 12 heavy (non-hydrogen) atoms. The molecule has 1 aromatic carbocycles. The maximum atomic E-state index is 5.81. The quantitative estimate of drug-likeness (QED) is 0.654. The van der Waals surface area contributed by atoms with Crippen LogP contribution in [0.15, 0.2) is 36.7 Å². The molecule has 2 aromatic rings. The lowest BCUT2D eigenvalue weighted by Crippen LogP contribution is -1.88. The zero-order valence-corrected chi connectivity index (χ0v) is 6.99. The maximum absolute atomic E-state index is 5.81. The largest absolute Gasteiger partial charge is 0.297 e. The summed E-state index contributed by atoms with van der Waals surface area (Å²) >= 11 is 5.81. The minimum absolute atomic E-state index is 0.717. The van der Waals surface area contributed by atoms with E-state index in [1.54, 1.807) is 10.8 Å². The van der Waals surface area contributed by atoms with E-state index in [-0.39, 0.29) is 0 Å². The van der Waals surface area contributed by atoms with Crippen molar-refractivity contribution in [3.8, 4) is 5.69 Å². The second-order valence-electron chi connectivity index (χ2n) is 2.38. The van der Waals surface area contributed by atoms with Gasteiger partial charge in [-0.2, -0.15) is 0 Å². The first-order valence-corrected chi connectivity index (χ1v) is 3.91. The number of nitrogens with zero attached hydrogens (tertiary/aromatic N) is 2. The molecular formula is C9H6ClN2. The summed E-state index contributed by atoms with van der Waals surface area (Å²) in [4.78, 5) is 3.82. The minimum atomic E-state index is 0.717. The lowest BCUT2D eigenvalue weighted by molar-refractivity contribution is 1.04. The Bertz CT molecular complexity index is 368. The Morgan fingerprint density at radius 1 is 1.42 bits per heavy atom. The first-order chi connectivity index (χ1) is 5.86. The molecule has 0 amide bonds. The molecule has 0 saturated carbocycles. The van der Waals surface area contributed by atoms with E-state index in [4.69, 9.17) is 11.6 Å². The van der Waals surface area contributed by atoms with Crippen LogP contribution in [0.1, 0.15) is 0 Å². The molecule has 0 unspecified atom stereocenters. The highest BCUT2D eigenvalue weighted by molar-refractivity contribution is 6.30. The van der Waals surface area contributed by atoms with Crippen molar-refractivity contribution in [2.75, 3.05) is 0 Å². The van der Waals surface area contributed by atoms with Gasteiger partial charge in [-0.1, -0.05) is 17.7 Å². The van der Waals surface area contributed by atoms with Crippen molar-refractivity contribution >= 4 is 11.6 Å². The molecule has 0 saturated heterocycles. The summed E-state index contributed by atoms with van der Waals surface area (Å²) in [7, 11) is 0. The van der Waals surface area contributed by atoms with Gasteiger partial charge in [0.2, 0.25) is 0 Å². The highest BCUT2D eigenvalue weighted by atomic mass is 35.5. The highest BCUT2D eigenvalue weighted by Gasteiger charge is 1.94. The third kappa shape index (κ3) is 1.34. The molecule has 1 radical (unpaired) electrons. The summed E-state index contributed by atoms with van der Waals surface area (Å²) in [6, 6.07) is 7.54. The standard InChI is InChI=1S/C9H6ClN2/c10-8-2-1-3-9(6-8)12-5-4-11-7-12/h1-6H. The molecule has 0 fully saturated rings. The van der Waals surface area contributed by atoms with Crippen LogP contribution in [0, 0.1) is 6.33 Å². The Morgan fingerprint density at radius 2 is 2.33 bits per heavy atom. The van der Waals surface area contributed by atoms with Crippen LogP contribution in [0.25, 0.3) is 5.69 Å². The molecular weight excluding hydrogens is 172 g/mol.